The molecule has 1 aromatic heterocycles. The van der Waals surface area contributed by atoms with Gasteiger partial charge in [-0.25, -0.2) is 4.39 Å². The second-order valence-electron chi connectivity index (χ2n) is 8.46. The van der Waals surface area contributed by atoms with Crippen LogP contribution in [0.1, 0.15) is 42.4 Å². The van der Waals surface area contributed by atoms with Crippen molar-refractivity contribution >= 4 is 29.9 Å². The predicted octanol–water partition coefficient (Wildman–Crippen LogP) is 3.35. The molecule has 1 aromatic carbocycles. The van der Waals surface area contributed by atoms with Crippen molar-refractivity contribution in [1.29, 1.82) is 0 Å². The number of aromatic nitrogens is 2. The monoisotopic (exact) mass is 572 g/mol. The van der Waals surface area contributed by atoms with Gasteiger partial charge in [0.15, 0.2) is 5.96 Å². The molecule has 0 saturated carbocycles. The molecular weight excluding hydrogens is 534 g/mol. The Bertz CT molecular complexity index is 912. The Morgan fingerprint density at radius 1 is 1.27 bits per heavy atom. The molecule has 184 valence electrons. The number of aliphatic imine (C=N–C) groups is 1. The Kier molecular flexibility index (Phi) is 11.0. The van der Waals surface area contributed by atoms with E-state index in [4.69, 9.17) is 9.73 Å². The molecule has 2 heterocycles. The smallest absolute Gasteiger partial charge is 0.191 e. The van der Waals surface area contributed by atoms with Gasteiger partial charge in [0.05, 0.1) is 31.5 Å². The minimum Gasteiger partial charge on any atom is -0.379 e. The second kappa shape index (κ2) is 13.2. The van der Waals surface area contributed by atoms with E-state index in [1.54, 1.807) is 12.1 Å². The molecule has 0 aliphatic carbocycles. The number of guanidine groups is 1. The molecule has 0 bridgehead atoms. The van der Waals surface area contributed by atoms with Crippen LogP contribution in [0.5, 0.6) is 0 Å². The third-order valence-electron chi connectivity index (χ3n) is 6.04. The molecular formula is C24H38FIN6O. The standard InChI is InChI=1S/C24H37FN6O.HI/c1-6-26-24(28-17(2)14-22-18(3)29-30(5)19(22)4)27-16-23(31-10-12-32-13-11-31)20-8-7-9-21(25)15-20;/h7-9,15,17,23H,6,10-14,16H2,1-5H3,(H2,26,27,28);1H. The van der Waals surface area contributed by atoms with Crippen molar-refractivity contribution in [3.8, 4) is 0 Å². The van der Waals surface area contributed by atoms with Gasteiger partial charge in [0.1, 0.15) is 5.82 Å². The molecule has 0 amide bonds. The third kappa shape index (κ3) is 7.65. The maximum atomic E-state index is 13.9. The summed E-state index contributed by atoms with van der Waals surface area (Å²) in [6.07, 6.45) is 0.868. The lowest BCUT2D eigenvalue weighted by Gasteiger charge is -2.34. The summed E-state index contributed by atoms with van der Waals surface area (Å²) in [4.78, 5) is 7.23. The van der Waals surface area contributed by atoms with Gasteiger partial charge in [0.25, 0.3) is 0 Å². The number of ether oxygens (including phenoxy) is 1. The number of benzene rings is 1. The average Bonchev–Trinajstić information content (AvgIpc) is 3.00. The summed E-state index contributed by atoms with van der Waals surface area (Å²) in [6, 6.07) is 7.04. The maximum Gasteiger partial charge on any atom is 0.191 e. The molecule has 7 nitrogen and oxygen atoms in total. The van der Waals surface area contributed by atoms with Crippen molar-refractivity contribution in [2.45, 2.75) is 46.2 Å². The van der Waals surface area contributed by atoms with Crippen molar-refractivity contribution in [2.75, 3.05) is 39.4 Å². The highest BCUT2D eigenvalue weighted by atomic mass is 127. The zero-order chi connectivity index (χ0) is 23.1. The Morgan fingerprint density at radius 3 is 2.61 bits per heavy atom. The van der Waals surface area contributed by atoms with Crippen LogP contribution < -0.4 is 10.6 Å². The number of hydrogen-bond donors (Lipinski definition) is 2. The highest BCUT2D eigenvalue weighted by molar-refractivity contribution is 14.0. The number of halogens is 2. The quantitative estimate of drug-likeness (QED) is 0.289. The first kappa shape index (κ1) is 27.5. The van der Waals surface area contributed by atoms with Crippen molar-refractivity contribution in [3.05, 3.63) is 52.6 Å². The van der Waals surface area contributed by atoms with E-state index in [0.717, 1.165) is 43.3 Å². The van der Waals surface area contributed by atoms with Crippen LogP contribution in [0.4, 0.5) is 4.39 Å². The van der Waals surface area contributed by atoms with Crippen molar-refractivity contribution in [1.82, 2.24) is 25.3 Å². The number of aryl methyl sites for hydroxylation is 2. The van der Waals surface area contributed by atoms with Gasteiger partial charge in [-0.15, -0.1) is 24.0 Å². The molecule has 33 heavy (non-hydrogen) atoms. The lowest BCUT2D eigenvalue weighted by molar-refractivity contribution is 0.0179. The van der Waals surface area contributed by atoms with Gasteiger partial charge in [0.2, 0.25) is 0 Å². The molecule has 1 aliphatic rings. The molecule has 2 aromatic rings. The van der Waals surface area contributed by atoms with E-state index in [9.17, 15) is 4.39 Å². The lowest BCUT2D eigenvalue weighted by atomic mass is 10.0. The molecule has 0 radical (unpaired) electrons. The zero-order valence-electron chi connectivity index (χ0n) is 20.4. The van der Waals surface area contributed by atoms with Crippen molar-refractivity contribution in [3.63, 3.8) is 0 Å². The summed E-state index contributed by atoms with van der Waals surface area (Å²) in [7, 11) is 1.98. The molecule has 1 fully saturated rings. The van der Waals surface area contributed by atoms with Crippen LogP contribution in [0.2, 0.25) is 0 Å². The van der Waals surface area contributed by atoms with Gasteiger partial charge < -0.3 is 15.4 Å². The summed E-state index contributed by atoms with van der Waals surface area (Å²) in [5, 5.41) is 11.4. The van der Waals surface area contributed by atoms with Gasteiger partial charge in [-0.05, 0) is 57.4 Å². The maximum absolute atomic E-state index is 13.9. The summed E-state index contributed by atoms with van der Waals surface area (Å²) < 4.78 is 21.4. The summed E-state index contributed by atoms with van der Waals surface area (Å²) >= 11 is 0. The van der Waals surface area contributed by atoms with Crippen LogP contribution in [0.15, 0.2) is 29.3 Å². The van der Waals surface area contributed by atoms with Crippen molar-refractivity contribution in [2.24, 2.45) is 12.0 Å². The number of hydrogen-bond acceptors (Lipinski definition) is 4. The number of nitrogens with one attached hydrogen (secondary N) is 2. The lowest BCUT2D eigenvalue weighted by Crippen LogP contribution is -2.44. The molecule has 9 heteroatoms. The van der Waals surface area contributed by atoms with Crippen LogP contribution in [0.25, 0.3) is 0 Å². The second-order valence-corrected chi connectivity index (χ2v) is 8.46. The minimum atomic E-state index is -0.217. The van der Waals surface area contributed by atoms with Gasteiger partial charge in [-0.2, -0.15) is 5.10 Å². The van der Waals surface area contributed by atoms with Gasteiger partial charge in [-0.1, -0.05) is 12.1 Å². The molecule has 2 unspecified atom stereocenters. The van der Waals surface area contributed by atoms with E-state index in [1.165, 1.54) is 17.3 Å². The van der Waals surface area contributed by atoms with Crippen LogP contribution in [-0.2, 0) is 18.2 Å². The van der Waals surface area contributed by atoms with E-state index >= 15 is 0 Å². The number of morpholine rings is 1. The molecule has 2 atom stereocenters. The SMILES string of the molecule is CCNC(=NCC(c1cccc(F)c1)N1CCOCC1)NC(C)Cc1c(C)nn(C)c1C.I. The topological polar surface area (TPSA) is 66.7 Å². The summed E-state index contributed by atoms with van der Waals surface area (Å²) in [6.45, 7) is 12.7. The Balaban J connectivity index is 0.00000385. The first-order valence-electron chi connectivity index (χ1n) is 11.5. The van der Waals surface area contributed by atoms with Crippen LogP contribution in [0, 0.1) is 19.7 Å². The van der Waals surface area contributed by atoms with Gasteiger partial charge in [-0.3, -0.25) is 14.6 Å². The fourth-order valence-electron chi connectivity index (χ4n) is 4.24. The molecule has 1 aliphatic heterocycles. The minimum absolute atomic E-state index is 0. The van der Waals surface area contributed by atoms with E-state index < -0.39 is 0 Å². The Labute approximate surface area is 214 Å². The summed E-state index contributed by atoms with van der Waals surface area (Å²) in [5.74, 6) is 0.555. The van der Waals surface area contributed by atoms with Crippen LogP contribution in [-0.4, -0.2) is 66.1 Å². The molecule has 2 N–H and O–H groups in total. The summed E-state index contributed by atoms with van der Waals surface area (Å²) in [5.41, 5.74) is 4.48. The normalized spacial score (nSPS) is 16.7. The third-order valence-corrected chi connectivity index (χ3v) is 6.04. The highest BCUT2D eigenvalue weighted by Gasteiger charge is 2.23. The number of nitrogens with zero attached hydrogens (tertiary/aromatic N) is 4. The van der Waals surface area contributed by atoms with Gasteiger partial charge >= 0.3 is 0 Å². The van der Waals surface area contributed by atoms with Crippen molar-refractivity contribution < 1.29 is 9.13 Å². The number of rotatable bonds is 8. The molecule has 3 rings (SSSR count). The van der Waals surface area contributed by atoms with Crippen LogP contribution >= 0.6 is 24.0 Å². The van der Waals surface area contributed by atoms with E-state index in [1.807, 2.05) is 17.8 Å². The molecule has 1 saturated heterocycles. The first-order chi connectivity index (χ1) is 15.4. The Hall–Kier alpha value is -1.72. The molecule has 0 spiro atoms. The van der Waals surface area contributed by atoms with Crippen LogP contribution in [0.3, 0.4) is 0 Å². The first-order valence-corrected chi connectivity index (χ1v) is 11.5. The zero-order valence-corrected chi connectivity index (χ0v) is 22.7. The van der Waals surface area contributed by atoms with E-state index in [2.05, 4.69) is 48.3 Å². The van der Waals surface area contributed by atoms with Gasteiger partial charge in [0, 0.05) is 38.4 Å². The fraction of sp³-hybridized carbons (Fsp3) is 0.583. The Morgan fingerprint density at radius 2 is 2.00 bits per heavy atom. The largest absolute Gasteiger partial charge is 0.379 e. The highest BCUT2D eigenvalue weighted by Crippen LogP contribution is 2.23. The van der Waals surface area contributed by atoms with E-state index in [-0.39, 0.29) is 41.9 Å². The average molecular weight is 573 g/mol. The van der Waals surface area contributed by atoms with E-state index in [0.29, 0.717) is 19.8 Å². The fourth-order valence-corrected chi connectivity index (χ4v) is 4.24. The predicted molar refractivity (Wildman–Crippen MR) is 142 cm³/mol.